The largest absolute Gasteiger partial charge is 0.491 e. The van der Waals surface area contributed by atoms with E-state index in [-0.39, 0.29) is 13.2 Å². The summed E-state index contributed by atoms with van der Waals surface area (Å²) in [6.45, 7) is 1.53. The summed E-state index contributed by atoms with van der Waals surface area (Å²) in [5.41, 5.74) is -0.613. The van der Waals surface area contributed by atoms with Gasteiger partial charge in [0.05, 0.1) is 11.1 Å². The maximum atomic E-state index is 12.9. The lowest BCUT2D eigenvalue weighted by Gasteiger charge is -2.16. The molecule has 2 N–H and O–H groups in total. The topological polar surface area (TPSA) is 58.6 Å². The number of ether oxygens (including phenoxy) is 1. The molecule has 0 spiro atoms. The quantitative estimate of drug-likeness (QED) is 0.839. The lowest BCUT2D eigenvalue weighted by atomic mass is 10.1. The van der Waals surface area contributed by atoms with E-state index >= 15 is 0 Å². The van der Waals surface area contributed by atoms with Gasteiger partial charge >= 0.3 is 6.18 Å². The lowest BCUT2D eigenvalue weighted by Crippen LogP contribution is -2.36. The van der Waals surface area contributed by atoms with Crippen molar-refractivity contribution in [3.63, 3.8) is 0 Å². The standard InChI is InChI=1S/C18H18F3NO3/c1-12-6-2-5-9-16(12)25-11-13(23)10-22-17(24)14-7-3-4-8-15(14)18(19,20)21/h2-9,13,23H,10-11H2,1H3,(H,22,24). The van der Waals surface area contributed by atoms with Gasteiger partial charge in [0, 0.05) is 6.54 Å². The molecule has 2 aromatic rings. The Morgan fingerprint density at radius 2 is 1.80 bits per heavy atom. The predicted molar refractivity (Wildman–Crippen MR) is 86.5 cm³/mol. The normalized spacial score (nSPS) is 12.5. The number of rotatable bonds is 6. The first kappa shape index (κ1) is 18.8. The van der Waals surface area contributed by atoms with E-state index in [1.165, 1.54) is 12.1 Å². The zero-order chi connectivity index (χ0) is 18.4. The number of nitrogens with one attached hydrogen (secondary N) is 1. The summed E-state index contributed by atoms with van der Waals surface area (Å²) in [6.07, 6.45) is -5.68. The van der Waals surface area contributed by atoms with Crippen LogP contribution in [0, 0.1) is 6.92 Å². The number of carbonyl (C=O) groups is 1. The molecule has 1 amide bonds. The van der Waals surface area contributed by atoms with E-state index < -0.39 is 29.3 Å². The van der Waals surface area contributed by atoms with Crippen LogP contribution >= 0.6 is 0 Å². The zero-order valence-electron chi connectivity index (χ0n) is 13.5. The second kappa shape index (κ2) is 8.02. The van der Waals surface area contributed by atoms with Gasteiger partial charge in [-0.05, 0) is 30.7 Å². The third-order valence-corrected chi connectivity index (χ3v) is 3.50. The van der Waals surface area contributed by atoms with Gasteiger partial charge in [-0.2, -0.15) is 13.2 Å². The molecule has 2 aromatic carbocycles. The highest BCUT2D eigenvalue weighted by atomic mass is 19.4. The molecule has 0 aromatic heterocycles. The summed E-state index contributed by atoms with van der Waals surface area (Å²) in [5, 5.41) is 12.2. The van der Waals surface area contributed by atoms with Gasteiger partial charge in [-0.3, -0.25) is 4.79 Å². The summed E-state index contributed by atoms with van der Waals surface area (Å²) in [5.74, 6) is -0.307. The van der Waals surface area contributed by atoms with Gasteiger partial charge in [0.2, 0.25) is 0 Å². The second-order valence-electron chi connectivity index (χ2n) is 5.48. The van der Waals surface area contributed by atoms with Crippen molar-refractivity contribution in [3.8, 4) is 5.75 Å². The Labute approximate surface area is 143 Å². The first-order valence-corrected chi connectivity index (χ1v) is 7.60. The first-order chi connectivity index (χ1) is 11.8. The molecule has 0 bridgehead atoms. The minimum Gasteiger partial charge on any atom is -0.491 e. The van der Waals surface area contributed by atoms with E-state index in [1.807, 2.05) is 19.1 Å². The number of aliphatic hydroxyl groups is 1. The SMILES string of the molecule is Cc1ccccc1OCC(O)CNC(=O)c1ccccc1C(F)(F)F. The molecule has 0 radical (unpaired) electrons. The number of aryl methyl sites for hydroxylation is 1. The smallest absolute Gasteiger partial charge is 0.417 e. The molecule has 2 rings (SSSR count). The maximum absolute atomic E-state index is 12.9. The van der Waals surface area contributed by atoms with Crippen molar-refractivity contribution in [3.05, 3.63) is 65.2 Å². The molecule has 25 heavy (non-hydrogen) atoms. The fraction of sp³-hybridized carbons (Fsp3) is 0.278. The summed E-state index contributed by atoms with van der Waals surface area (Å²) < 4.78 is 44.1. The van der Waals surface area contributed by atoms with Crippen molar-refractivity contribution >= 4 is 5.91 Å². The Bertz CT molecular complexity index is 732. The number of amides is 1. The van der Waals surface area contributed by atoms with Gasteiger partial charge in [-0.15, -0.1) is 0 Å². The predicted octanol–water partition coefficient (Wildman–Crippen LogP) is 3.18. The number of benzene rings is 2. The summed E-state index contributed by atoms with van der Waals surface area (Å²) in [7, 11) is 0. The number of hydrogen-bond acceptors (Lipinski definition) is 3. The highest BCUT2D eigenvalue weighted by Crippen LogP contribution is 2.31. The summed E-state index contributed by atoms with van der Waals surface area (Å²) in [4.78, 5) is 12.0. The van der Waals surface area contributed by atoms with Crippen LogP contribution in [0.4, 0.5) is 13.2 Å². The Kier molecular flexibility index (Phi) is 6.03. The minimum absolute atomic E-state index is 0.0912. The molecule has 0 aliphatic carbocycles. The average Bonchev–Trinajstić information content (AvgIpc) is 2.58. The zero-order valence-corrected chi connectivity index (χ0v) is 13.5. The van der Waals surface area contributed by atoms with Gasteiger partial charge in [-0.1, -0.05) is 30.3 Å². The van der Waals surface area contributed by atoms with Crippen molar-refractivity contribution in [1.82, 2.24) is 5.32 Å². The van der Waals surface area contributed by atoms with Crippen LogP contribution in [0.3, 0.4) is 0 Å². The number of para-hydroxylation sites is 1. The van der Waals surface area contributed by atoms with Crippen LogP contribution in [0.5, 0.6) is 5.75 Å². The summed E-state index contributed by atoms with van der Waals surface area (Å²) >= 11 is 0. The molecule has 1 unspecified atom stereocenters. The number of carbonyl (C=O) groups excluding carboxylic acids is 1. The molecular weight excluding hydrogens is 335 g/mol. The van der Waals surface area contributed by atoms with Crippen molar-refractivity contribution in [1.29, 1.82) is 0 Å². The van der Waals surface area contributed by atoms with Crippen LogP contribution in [-0.2, 0) is 6.18 Å². The van der Waals surface area contributed by atoms with E-state index in [4.69, 9.17) is 4.74 Å². The molecule has 0 aliphatic rings. The fourth-order valence-corrected chi connectivity index (χ4v) is 2.20. The third kappa shape index (κ3) is 5.22. The van der Waals surface area contributed by atoms with Crippen LogP contribution in [0.2, 0.25) is 0 Å². The molecule has 134 valence electrons. The van der Waals surface area contributed by atoms with E-state index in [2.05, 4.69) is 5.32 Å². The van der Waals surface area contributed by atoms with Crippen LogP contribution in [-0.4, -0.2) is 30.3 Å². The van der Waals surface area contributed by atoms with Gasteiger partial charge in [0.1, 0.15) is 18.5 Å². The van der Waals surface area contributed by atoms with Crippen LogP contribution < -0.4 is 10.1 Å². The van der Waals surface area contributed by atoms with Crippen LogP contribution in [0.1, 0.15) is 21.5 Å². The van der Waals surface area contributed by atoms with Crippen molar-refractivity contribution in [2.75, 3.05) is 13.2 Å². The molecule has 0 heterocycles. The molecule has 0 saturated heterocycles. The number of hydrogen-bond donors (Lipinski definition) is 2. The number of aliphatic hydroxyl groups excluding tert-OH is 1. The number of halogens is 3. The molecule has 0 saturated carbocycles. The monoisotopic (exact) mass is 353 g/mol. The highest BCUT2D eigenvalue weighted by molar-refractivity contribution is 5.95. The molecular formula is C18H18F3NO3. The third-order valence-electron chi connectivity index (χ3n) is 3.50. The van der Waals surface area contributed by atoms with E-state index in [0.717, 1.165) is 17.7 Å². The van der Waals surface area contributed by atoms with Gasteiger partial charge < -0.3 is 15.2 Å². The van der Waals surface area contributed by atoms with Crippen LogP contribution in [0.25, 0.3) is 0 Å². The molecule has 0 aliphatic heterocycles. The number of alkyl halides is 3. The lowest BCUT2D eigenvalue weighted by molar-refractivity contribution is -0.137. The minimum atomic E-state index is -4.62. The first-order valence-electron chi connectivity index (χ1n) is 7.60. The molecule has 4 nitrogen and oxygen atoms in total. The second-order valence-corrected chi connectivity index (χ2v) is 5.48. The van der Waals surface area contributed by atoms with E-state index in [9.17, 15) is 23.1 Å². The van der Waals surface area contributed by atoms with Gasteiger partial charge in [-0.25, -0.2) is 0 Å². The molecule has 0 fully saturated rings. The Morgan fingerprint density at radius 3 is 2.48 bits per heavy atom. The maximum Gasteiger partial charge on any atom is 0.417 e. The van der Waals surface area contributed by atoms with E-state index in [0.29, 0.717) is 5.75 Å². The highest BCUT2D eigenvalue weighted by Gasteiger charge is 2.34. The Balaban J connectivity index is 1.91. The average molecular weight is 353 g/mol. The van der Waals surface area contributed by atoms with E-state index in [1.54, 1.807) is 12.1 Å². The Hall–Kier alpha value is -2.54. The van der Waals surface area contributed by atoms with Gasteiger partial charge in [0.25, 0.3) is 5.91 Å². The Morgan fingerprint density at radius 1 is 1.16 bits per heavy atom. The van der Waals surface area contributed by atoms with Crippen molar-refractivity contribution in [2.24, 2.45) is 0 Å². The van der Waals surface area contributed by atoms with Crippen LogP contribution in [0.15, 0.2) is 48.5 Å². The summed E-state index contributed by atoms with van der Waals surface area (Å²) in [6, 6.07) is 11.7. The molecule has 1 atom stereocenters. The van der Waals surface area contributed by atoms with Crippen molar-refractivity contribution < 1.29 is 27.8 Å². The van der Waals surface area contributed by atoms with Crippen molar-refractivity contribution in [2.45, 2.75) is 19.2 Å². The molecule has 7 heteroatoms. The fourth-order valence-electron chi connectivity index (χ4n) is 2.20. The van der Waals surface area contributed by atoms with Gasteiger partial charge in [0.15, 0.2) is 0 Å².